The van der Waals surface area contributed by atoms with Crippen LogP contribution < -0.4 is 5.32 Å². The van der Waals surface area contributed by atoms with Crippen LogP contribution in [-0.4, -0.2) is 31.3 Å². The number of carbonyl (C=O) groups is 1. The lowest BCUT2D eigenvalue weighted by atomic mass is 10.1. The van der Waals surface area contributed by atoms with E-state index in [0.717, 1.165) is 36.3 Å². The van der Waals surface area contributed by atoms with Gasteiger partial charge in [0, 0.05) is 11.5 Å². The van der Waals surface area contributed by atoms with Gasteiger partial charge in [-0.25, -0.2) is 0 Å². The summed E-state index contributed by atoms with van der Waals surface area (Å²) < 4.78 is 11.3. The second-order valence-electron chi connectivity index (χ2n) is 6.28. The Morgan fingerprint density at radius 1 is 1.42 bits per heavy atom. The number of carbonyl (C=O) groups excluding carboxylic acids is 1. The standard InChI is InChI=1S/C20H22N2O3S/c1-14(25-13-17-9-5-6-10-24-17)19(23)22-20-16(12-21)11-18(26-20)15-7-3-2-4-8-15/h2-4,7-8,11,14,17H,5-6,9-10,13H2,1H3,(H,22,23)/t14-,17-/m0/s1. The van der Waals surface area contributed by atoms with Gasteiger partial charge in [-0.15, -0.1) is 11.3 Å². The zero-order valence-corrected chi connectivity index (χ0v) is 15.6. The first kappa shape index (κ1) is 18.6. The third-order valence-corrected chi connectivity index (χ3v) is 5.42. The molecule has 2 atom stereocenters. The van der Waals surface area contributed by atoms with E-state index >= 15 is 0 Å². The summed E-state index contributed by atoms with van der Waals surface area (Å²) in [6, 6.07) is 13.8. The maximum atomic E-state index is 12.4. The van der Waals surface area contributed by atoms with Crippen LogP contribution in [0.25, 0.3) is 10.4 Å². The van der Waals surface area contributed by atoms with Crippen molar-refractivity contribution >= 4 is 22.2 Å². The zero-order chi connectivity index (χ0) is 18.4. The van der Waals surface area contributed by atoms with E-state index in [1.165, 1.54) is 11.3 Å². The second-order valence-corrected chi connectivity index (χ2v) is 7.34. The molecule has 1 fully saturated rings. The molecule has 1 aliphatic heterocycles. The lowest BCUT2D eigenvalue weighted by molar-refractivity contribution is -0.130. The molecule has 0 saturated carbocycles. The molecular weight excluding hydrogens is 348 g/mol. The summed E-state index contributed by atoms with van der Waals surface area (Å²) in [5.41, 5.74) is 1.48. The minimum absolute atomic E-state index is 0.0695. The van der Waals surface area contributed by atoms with Gasteiger partial charge in [-0.05, 0) is 37.8 Å². The fourth-order valence-corrected chi connectivity index (χ4v) is 3.81. The van der Waals surface area contributed by atoms with Crippen LogP contribution in [-0.2, 0) is 14.3 Å². The van der Waals surface area contributed by atoms with E-state index in [9.17, 15) is 10.1 Å². The van der Waals surface area contributed by atoms with Crippen molar-refractivity contribution in [3.8, 4) is 16.5 Å². The van der Waals surface area contributed by atoms with Crippen LogP contribution in [0.4, 0.5) is 5.00 Å². The number of nitrogens with zero attached hydrogens (tertiary/aromatic N) is 1. The normalized spacial score (nSPS) is 18.1. The maximum absolute atomic E-state index is 12.4. The molecule has 0 bridgehead atoms. The van der Waals surface area contributed by atoms with Crippen LogP contribution in [0.3, 0.4) is 0 Å². The fourth-order valence-electron chi connectivity index (χ4n) is 2.79. The smallest absolute Gasteiger partial charge is 0.253 e. The molecule has 6 heteroatoms. The largest absolute Gasteiger partial charge is 0.376 e. The SMILES string of the molecule is C[C@H](OC[C@@H]1CCCCO1)C(=O)Nc1sc(-c2ccccc2)cc1C#N. The van der Waals surface area contributed by atoms with Gasteiger partial charge in [-0.2, -0.15) is 5.26 Å². The summed E-state index contributed by atoms with van der Waals surface area (Å²) in [6.07, 6.45) is 2.66. The number of benzene rings is 1. The van der Waals surface area contributed by atoms with Crippen molar-refractivity contribution in [1.82, 2.24) is 0 Å². The molecule has 1 saturated heterocycles. The molecule has 136 valence electrons. The summed E-state index contributed by atoms with van der Waals surface area (Å²) in [5, 5.41) is 12.7. The van der Waals surface area contributed by atoms with Gasteiger partial charge in [0.2, 0.25) is 0 Å². The highest BCUT2D eigenvalue weighted by atomic mass is 32.1. The topological polar surface area (TPSA) is 71.3 Å². The van der Waals surface area contributed by atoms with Crippen molar-refractivity contribution < 1.29 is 14.3 Å². The van der Waals surface area contributed by atoms with Gasteiger partial charge >= 0.3 is 0 Å². The highest BCUT2D eigenvalue weighted by molar-refractivity contribution is 7.19. The van der Waals surface area contributed by atoms with E-state index in [1.54, 1.807) is 13.0 Å². The van der Waals surface area contributed by atoms with Crippen molar-refractivity contribution in [3.63, 3.8) is 0 Å². The molecule has 0 spiro atoms. The van der Waals surface area contributed by atoms with Crippen molar-refractivity contribution in [1.29, 1.82) is 5.26 Å². The molecule has 1 aromatic carbocycles. The predicted molar refractivity (Wildman–Crippen MR) is 102 cm³/mol. The maximum Gasteiger partial charge on any atom is 0.253 e. The number of ether oxygens (including phenoxy) is 2. The molecular formula is C20H22N2O3S. The van der Waals surface area contributed by atoms with E-state index in [-0.39, 0.29) is 12.0 Å². The summed E-state index contributed by atoms with van der Waals surface area (Å²) >= 11 is 1.39. The van der Waals surface area contributed by atoms with Crippen LogP contribution in [0.5, 0.6) is 0 Å². The predicted octanol–water partition coefficient (Wildman–Crippen LogP) is 4.20. The molecule has 1 aliphatic rings. The average molecular weight is 370 g/mol. The Labute approximate surface area is 157 Å². The summed E-state index contributed by atoms with van der Waals surface area (Å²) in [7, 11) is 0. The molecule has 2 heterocycles. The monoisotopic (exact) mass is 370 g/mol. The van der Waals surface area contributed by atoms with Crippen molar-refractivity contribution in [2.24, 2.45) is 0 Å². The first-order chi connectivity index (χ1) is 12.7. The highest BCUT2D eigenvalue weighted by Gasteiger charge is 2.21. The van der Waals surface area contributed by atoms with E-state index in [1.807, 2.05) is 30.3 Å². The lowest BCUT2D eigenvalue weighted by Crippen LogP contribution is -2.32. The van der Waals surface area contributed by atoms with E-state index in [0.29, 0.717) is 17.2 Å². The summed E-state index contributed by atoms with van der Waals surface area (Å²) in [5.74, 6) is -0.251. The van der Waals surface area contributed by atoms with Crippen LogP contribution in [0.1, 0.15) is 31.7 Å². The van der Waals surface area contributed by atoms with E-state index in [4.69, 9.17) is 9.47 Å². The minimum atomic E-state index is -0.602. The van der Waals surface area contributed by atoms with Gasteiger partial charge in [0.1, 0.15) is 17.2 Å². The minimum Gasteiger partial charge on any atom is -0.376 e. The Hall–Kier alpha value is -2.20. The second kappa shape index (κ2) is 8.95. The Bertz CT molecular complexity index is 776. The van der Waals surface area contributed by atoms with Crippen LogP contribution in [0, 0.1) is 11.3 Å². The van der Waals surface area contributed by atoms with Gasteiger partial charge < -0.3 is 14.8 Å². The third kappa shape index (κ3) is 4.70. The number of rotatable bonds is 6. The number of nitriles is 1. The lowest BCUT2D eigenvalue weighted by Gasteiger charge is -2.23. The first-order valence-corrected chi connectivity index (χ1v) is 9.62. The average Bonchev–Trinajstić information content (AvgIpc) is 3.10. The Morgan fingerprint density at radius 3 is 2.92 bits per heavy atom. The van der Waals surface area contributed by atoms with Gasteiger partial charge in [-0.1, -0.05) is 30.3 Å². The molecule has 1 amide bonds. The summed E-state index contributed by atoms with van der Waals surface area (Å²) in [4.78, 5) is 13.4. The molecule has 0 aliphatic carbocycles. The first-order valence-electron chi connectivity index (χ1n) is 8.81. The van der Waals surface area contributed by atoms with Crippen LogP contribution in [0.2, 0.25) is 0 Å². The molecule has 1 aromatic heterocycles. The van der Waals surface area contributed by atoms with Crippen molar-refractivity contribution in [2.75, 3.05) is 18.5 Å². The number of hydrogen-bond acceptors (Lipinski definition) is 5. The Kier molecular flexibility index (Phi) is 6.40. The highest BCUT2D eigenvalue weighted by Crippen LogP contribution is 2.35. The summed E-state index contributed by atoms with van der Waals surface area (Å²) in [6.45, 7) is 2.90. The molecule has 2 aromatic rings. The van der Waals surface area contributed by atoms with Gasteiger partial charge in [0.25, 0.3) is 5.91 Å². The van der Waals surface area contributed by atoms with Crippen molar-refractivity contribution in [3.05, 3.63) is 42.0 Å². The van der Waals surface area contributed by atoms with Crippen molar-refractivity contribution in [2.45, 2.75) is 38.4 Å². The number of nitrogens with one attached hydrogen (secondary N) is 1. The molecule has 26 heavy (non-hydrogen) atoms. The Balaban J connectivity index is 1.61. The van der Waals surface area contributed by atoms with E-state index < -0.39 is 6.10 Å². The quantitative estimate of drug-likeness (QED) is 0.827. The van der Waals surface area contributed by atoms with Gasteiger partial charge in [0.15, 0.2) is 0 Å². The molecule has 0 unspecified atom stereocenters. The van der Waals surface area contributed by atoms with Gasteiger partial charge in [-0.3, -0.25) is 4.79 Å². The zero-order valence-electron chi connectivity index (χ0n) is 14.7. The molecule has 5 nitrogen and oxygen atoms in total. The molecule has 0 radical (unpaired) electrons. The number of hydrogen-bond donors (Lipinski definition) is 1. The fraction of sp³-hybridized carbons (Fsp3) is 0.400. The Morgan fingerprint density at radius 2 is 2.23 bits per heavy atom. The van der Waals surface area contributed by atoms with Gasteiger partial charge in [0.05, 0.1) is 18.3 Å². The number of anilines is 1. The number of thiophene rings is 1. The molecule has 3 rings (SSSR count). The number of amides is 1. The third-order valence-electron chi connectivity index (χ3n) is 4.32. The molecule has 1 N–H and O–H groups in total. The van der Waals surface area contributed by atoms with E-state index in [2.05, 4.69) is 11.4 Å². The van der Waals surface area contributed by atoms with Crippen LogP contribution in [0.15, 0.2) is 36.4 Å². The van der Waals surface area contributed by atoms with Crippen LogP contribution >= 0.6 is 11.3 Å².